The fraction of sp³-hybridized carbons (Fsp3) is 0.381. The number of rotatable bonds is 5. The van der Waals surface area contributed by atoms with Crippen LogP contribution in [-0.2, 0) is 21.2 Å². The minimum Gasteiger partial charge on any atom is -0.326 e. The maximum atomic E-state index is 12.7. The van der Waals surface area contributed by atoms with Crippen LogP contribution >= 0.6 is 0 Å². The number of amides is 1. The van der Waals surface area contributed by atoms with Crippen LogP contribution in [0.1, 0.15) is 36.0 Å². The minimum absolute atomic E-state index is 0.115. The summed E-state index contributed by atoms with van der Waals surface area (Å²) in [5, 5.41) is 2.93. The summed E-state index contributed by atoms with van der Waals surface area (Å²) in [6, 6.07) is 12.5. The van der Waals surface area contributed by atoms with Crippen molar-refractivity contribution >= 4 is 21.6 Å². The second kappa shape index (κ2) is 8.23. The van der Waals surface area contributed by atoms with E-state index in [1.807, 2.05) is 32.0 Å². The maximum absolute atomic E-state index is 12.7. The SMILES string of the molecule is Cc1cccc(NC(=O)Cc2ccc(S(=O)(=O)N3CCCCC3)cc2)c1C. The van der Waals surface area contributed by atoms with Gasteiger partial charge in [0.05, 0.1) is 11.3 Å². The van der Waals surface area contributed by atoms with E-state index < -0.39 is 10.0 Å². The summed E-state index contributed by atoms with van der Waals surface area (Å²) in [4.78, 5) is 12.6. The Morgan fingerprint density at radius 3 is 2.33 bits per heavy atom. The monoisotopic (exact) mass is 386 g/mol. The van der Waals surface area contributed by atoms with Crippen molar-refractivity contribution in [2.75, 3.05) is 18.4 Å². The molecule has 0 saturated carbocycles. The van der Waals surface area contributed by atoms with Crippen molar-refractivity contribution in [2.24, 2.45) is 0 Å². The molecule has 0 aliphatic carbocycles. The number of sulfonamides is 1. The molecule has 0 unspecified atom stereocenters. The first-order valence-corrected chi connectivity index (χ1v) is 10.8. The molecule has 1 aliphatic rings. The van der Waals surface area contributed by atoms with E-state index >= 15 is 0 Å². The lowest BCUT2D eigenvalue weighted by atomic mass is 10.1. The third-order valence-electron chi connectivity index (χ3n) is 5.12. The van der Waals surface area contributed by atoms with Gasteiger partial charge in [-0.1, -0.05) is 30.7 Å². The maximum Gasteiger partial charge on any atom is 0.243 e. The van der Waals surface area contributed by atoms with E-state index in [0.717, 1.165) is 41.6 Å². The Kier molecular flexibility index (Phi) is 5.97. The molecule has 0 radical (unpaired) electrons. The van der Waals surface area contributed by atoms with E-state index in [1.165, 1.54) is 0 Å². The Labute approximate surface area is 161 Å². The van der Waals surface area contributed by atoms with Crippen LogP contribution in [0.2, 0.25) is 0 Å². The largest absolute Gasteiger partial charge is 0.326 e. The molecule has 2 aromatic carbocycles. The fourth-order valence-corrected chi connectivity index (χ4v) is 4.82. The van der Waals surface area contributed by atoms with Crippen LogP contribution in [0, 0.1) is 13.8 Å². The Morgan fingerprint density at radius 1 is 1.00 bits per heavy atom. The minimum atomic E-state index is -3.43. The van der Waals surface area contributed by atoms with Crippen LogP contribution in [0.25, 0.3) is 0 Å². The van der Waals surface area contributed by atoms with E-state index in [2.05, 4.69) is 5.32 Å². The van der Waals surface area contributed by atoms with Crippen molar-refractivity contribution in [2.45, 2.75) is 44.4 Å². The van der Waals surface area contributed by atoms with Crippen LogP contribution < -0.4 is 5.32 Å². The molecular formula is C21H26N2O3S. The van der Waals surface area contributed by atoms with E-state index in [9.17, 15) is 13.2 Å². The standard InChI is InChI=1S/C21H26N2O3S/c1-16-7-6-8-20(17(16)2)22-21(24)15-18-9-11-19(12-10-18)27(25,26)23-13-4-3-5-14-23/h6-12H,3-5,13-15H2,1-2H3,(H,22,24). The van der Waals surface area contributed by atoms with Gasteiger partial charge in [0.25, 0.3) is 0 Å². The number of carbonyl (C=O) groups excluding carboxylic acids is 1. The molecule has 3 rings (SSSR count). The molecule has 1 fully saturated rings. The molecule has 6 heteroatoms. The molecule has 0 spiro atoms. The van der Waals surface area contributed by atoms with Gasteiger partial charge >= 0.3 is 0 Å². The highest BCUT2D eigenvalue weighted by Gasteiger charge is 2.25. The lowest BCUT2D eigenvalue weighted by molar-refractivity contribution is -0.115. The molecule has 144 valence electrons. The van der Waals surface area contributed by atoms with E-state index in [-0.39, 0.29) is 12.3 Å². The molecule has 0 bridgehead atoms. The summed E-state index contributed by atoms with van der Waals surface area (Å²) >= 11 is 0. The molecule has 1 saturated heterocycles. The highest BCUT2D eigenvalue weighted by atomic mass is 32.2. The van der Waals surface area contributed by atoms with Crippen LogP contribution in [0.15, 0.2) is 47.4 Å². The molecule has 2 aromatic rings. The first-order valence-electron chi connectivity index (χ1n) is 9.33. The molecular weight excluding hydrogens is 360 g/mol. The van der Waals surface area contributed by atoms with Gasteiger partial charge in [0.1, 0.15) is 0 Å². The highest BCUT2D eigenvalue weighted by molar-refractivity contribution is 7.89. The van der Waals surface area contributed by atoms with Crippen molar-refractivity contribution in [3.8, 4) is 0 Å². The van der Waals surface area contributed by atoms with Gasteiger partial charge in [0.15, 0.2) is 0 Å². The van der Waals surface area contributed by atoms with Gasteiger partial charge in [-0.15, -0.1) is 0 Å². The van der Waals surface area contributed by atoms with Gasteiger partial charge in [-0.25, -0.2) is 8.42 Å². The third kappa shape index (κ3) is 4.57. The van der Waals surface area contributed by atoms with Crippen LogP contribution in [0.4, 0.5) is 5.69 Å². The Morgan fingerprint density at radius 2 is 1.67 bits per heavy atom. The highest BCUT2D eigenvalue weighted by Crippen LogP contribution is 2.22. The molecule has 1 heterocycles. The van der Waals surface area contributed by atoms with Gasteiger partial charge in [-0.05, 0) is 61.6 Å². The smallest absolute Gasteiger partial charge is 0.243 e. The summed E-state index contributed by atoms with van der Waals surface area (Å²) in [6.07, 6.45) is 3.11. The number of anilines is 1. The summed E-state index contributed by atoms with van der Waals surface area (Å²) in [5.74, 6) is -0.115. The fourth-order valence-electron chi connectivity index (χ4n) is 3.30. The van der Waals surface area contributed by atoms with Crippen molar-refractivity contribution in [3.63, 3.8) is 0 Å². The molecule has 5 nitrogen and oxygen atoms in total. The molecule has 0 aromatic heterocycles. The van der Waals surface area contributed by atoms with Crippen molar-refractivity contribution in [1.82, 2.24) is 4.31 Å². The number of nitrogens with one attached hydrogen (secondary N) is 1. The summed E-state index contributed by atoms with van der Waals surface area (Å²) in [6.45, 7) is 5.16. The number of aryl methyl sites for hydroxylation is 1. The number of benzene rings is 2. The molecule has 1 amide bonds. The first kappa shape index (κ1) is 19.6. The van der Waals surface area contributed by atoms with Gasteiger partial charge in [0.2, 0.25) is 15.9 Å². The lowest BCUT2D eigenvalue weighted by Gasteiger charge is -2.25. The summed E-state index contributed by atoms with van der Waals surface area (Å²) in [5.41, 5.74) is 3.77. The molecule has 1 aliphatic heterocycles. The van der Waals surface area contributed by atoms with Crippen molar-refractivity contribution in [3.05, 3.63) is 59.2 Å². The number of carbonyl (C=O) groups is 1. The molecule has 27 heavy (non-hydrogen) atoms. The number of hydrogen-bond donors (Lipinski definition) is 1. The van der Waals surface area contributed by atoms with Crippen molar-refractivity contribution < 1.29 is 13.2 Å². The predicted octanol–water partition coefficient (Wildman–Crippen LogP) is 3.66. The number of hydrogen-bond acceptors (Lipinski definition) is 3. The topological polar surface area (TPSA) is 66.5 Å². The zero-order valence-electron chi connectivity index (χ0n) is 15.9. The van der Waals surface area contributed by atoms with Gasteiger partial charge < -0.3 is 5.32 Å². The number of piperidine rings is 1. The van der Waals surface area contributed by atoms with Gasteiger partial charge in [0, 0.05) is 18.8 Å². The Balaban J connectivity index is 1.66. The van der Waals surface area contributed by atoms with Crippen LogP contribution in [0.3, 0.4) is 0 Å². The molecule has 1 N–H and O–H groups in total. The van der Waals surface area contributed by atoms with Crippen LogP contribution in [0.5, 0.6) is 0 Å². The second-order valence-corrected chi connectivity index (χ2v) is 9.02. The van der Waals surface area contributed by atoms with Crippen molar-refractivity contribution in [1.29, 1.82) is 0 Å². The zero-order valence-corrected chi connectivity index (χ0v) is 16.7. The van der Waals surface area contributed by atoms with Crippen LogP contribution in [-0.4, -0.2) is 31.7 Å². The zero-order chi connectivity index (χ0) is 19.4. The Hall–Kier alpha value is -2.18. The van der Waals surface area contributed by atoms with E-state index in [1.54, 1.807) is 28.6 Å². The third-order valence-corrected chi connectivity index (χ3v) is 7.03. The van der Waals surface area contributed by atoms with E-state index in [0.29, 0.717) is 18.0 Å². The van der Waals surface area contributed by atoms with Gasteiger partial charge in [-0.3, -0.25) is 4.79 Å². The first-order chi connectivity index (χ1) is 12.9. The predicted molar refractivity (Wildman–Crippen MR) is 107 cm³/mol. The van der Waals surface area contributed by atoms with E-state index in [4.69, 9.17) is 0 Å². The number of nitrogens with zero attached hydrogens (tertiary/aromatic N) is 1. The quantitative estimate of drug-likeness (QED) is 0.853. The van der Waals surface area contributed by atoms with Gasteiger partial charge in [-0.2, -0.15) is 4.31 Å². The summed E-state index contributed by atoms with van der Waals surface area (Å²) in [7, 11) is -3.43. The summed E-state index contributed by atoms with van der Waals surface area (Å²) < 4.78 is 26.9. The average Bonchev–Trinajstić information content (AvgIpc) is 2.66. The lowest BCUT2D eigenvalue weighted by Crippen LogP contribution is -2.35. The molecule has 0 atom stereocenters. The average molecular weight is 387 g/mol. The second-order valence-electron chi connectivity index (χ2n) is 7.08. The normalized spacial score (nSPS) is 15.5. The Bertz CT molecular complexity index is 915.